The van der Waals surface area contributed by atoms with Gasteiger partial charge in [-0.25, -0.2) is 4.79 Å². The second-order valence-corrected chi connectivity index (χ2v) is 9.01. The van der Waals surface area contributed by atoms with Gasteiger partial charge in [-0.15, -0.1) is 0 Å². The molecule has 1 unspecified atom stereocenters. The number of ketones is 1. The monoisotopic (exact) mass is 514 g/mol. The Labute approximate surface area is 210 Å². The summed E-state index contributed by atoms with van der Waals surface area (Å²) in [4.78, 5) is 44.3. The molecular weight excluding hydrogens is 489 g/mol. The molecule has 1 N–H and O–H groups in total. The van der Waals surface area contributed by atoms with Crippen LogP contribution in [0.5, 0.6) is 5.75 Å². The number of aromatic nitrogens is 1. The Kier molecular flexibility index (Phi) is 7.75. The van der Waals surface area contributed by atoms with Crippen molar-refractivity contribution in [1.29, 1.82) is 0 Å². The van der Waals surface area contributed by atoms with Crippen molar-refractivity contribution in [1.82, 2.24) is 10.5 Å². The molecule has 0 aliphatic heterocycles. The molecule has 1 aliphatic carbocycles. The van der Waals surface area contributed by atoms with E-state index in [1.807, 2.05) is 37.3 Å². The lowest BCUT2D eigenvalue weighted by molar-refractivity contribution is -0.208. The molecule has 2 aromatic carbocycles. The number of halogens is 3. The molecule has 10 heteroatoms. The first-order chi connectivity index (χ1) is 17.6. The Morgan fingerprint density at radius 1 is 1.03 bits per heavy atom. The Balaban J connectivity index is 1.33. The number of benzene rings is 2. The van der Waals surface area contributed by atoms with Crippen LogP contribution in [-0.2, 0) is 32.2 Å². The SMILES string of the molecule is Cc1cc(COc2ccc(CC(=O)C3CCC[C@H]3C(=O)NOC(=O)C(F)(F)F)cc2)c2ccccc2n1. The highest BCUT2D eigenvalue weighted by molar-refractivity contribution is 5.90. The maximum absolute atomic E-state index is 12.9. The summed E-state index contributed by atoms with van der Waals surface area (Å²) in [7, 11) is 0. The number of para-hydroxylation sites is 1. The molecule has 1 aromatic heterocycles. The average molecular weight is 514 g/mol. The molecule has 1 heterocycles. The Hall–Kier alpha value is -3.95. The second kappa shape index (κ2) is 11.0. The van der Waals surface area contributed by atoms with Crippen LogP contribution in [-0.4, -0.2) is 28.8 Å². The molecule has 0 saturated heterocycles. The highest BCUT2D eigenvalue weighted by Gasteiger charge is 2.43. The largest absolute Gasteiger partial charge is 0.493 e. The summed E-state index contributed by atoms with van der Waals surface area (Å²) in [6, 6.07) is 16.8. The Morgan fingerprint density at radius 2 is 1.73 bits per heavy atom. The van der Waals surface area contributed by atoms with Gasteiger partial charge in [0.05, 0.1) is 11.4 Å². The smallest absolute Gasteiger partial charge is 0.489 e. The van der Waals surface area contributed by atoms with Crippen molar-refractivity contribution in [3.8, 4) is 5.75 Å². The Morgan fingerprint density at radius 3 is 2.46 bits per heavy atom. The first-order valence-electron chi connectivity index (χ1n) is 11.8. The minimum atomic E-state index is -5.22. The van der Waals surface area contributed by atoms with Gasteiger partial charge in [0, 0.05) is 29.0 Å². The van der Waals surface area contributed by atoms with E-state index in [4.69, 9.17) is 4.74 Å². The van der Waals surface area contributed by atoms with E-state index in [-0.39, 0.29) is 12.2 Å². The quantitative estimate of drug-likeness (QED) is 0.456. The van der Waals surface area contributed by atoms with Gasteiger partial charge in [-0.2, -0.15) is 18.7 Å². The van der Waals surface area contributed by atoms with Crippen molar-refractivity contribution < 1.29 is 37.1 Å². The standard InChI is InChI=1S/C27H25F3N2O5/c1-16-13-18(20-5-2-3-8-23(20)31-16)15-36-19-11-9-17(10-12-19)14-24(33)21-6-4-7-22(21)25(34)32-37-26(35)27(28,29)30/h2-3,5,8-13,21-22H,4,6-7,14-15H2,1H3,(H,32,34)/t21?,22-/m1/s1. The molecule has 1 amide bonds. The number of carbonyl (C=O) groups excluding carboxylic acids is 3. The van der Waals surface area contributed by atoms with Crippen molar-refractivity contribution in [2.24, 2.45) is 11.8 Å². The van der Waals surface area contributed by atoms with Gasteiger partial charge in [-0.3, -0.25) is 14.6 Å². The number of alkyl halides is 3. The van der Waals surface area contributed by atoms with E-state index in [0.29, 0.717) is 31.6 Å². The maximum atomic E-state index is 12.9. The van der Waals surface area contributed by atoms with E-state index < -0.39 is 29.9 Å². The van der Waals surface area contributed by atoms with Crippen LogP contribution in [0.2, 0.25) is 0 Å². The molecule has 194 valence electrons. The van der Waals surface area contributed by atoms with Gasteiger partial charge in [-0.1, -0.05) is 36.8 Å². The minimum absolute atomic E-state index is 0.0608. The van der Waals surface area contributed by atoms with Crippen LogP contribution in [0.15, 0.2) is 54.6 Å². The van der Waals surface area contributed by atoms with Crippen LogP contribution >= 0.6 is 0 Å². The number of nitrogens with one attached hydrogen (secondary N) is 1. The predicted octanol–water partition coefficient (Wildman–Crippen LogP) is 4.79. The number of aryl methyl sites for hydroxylation is 1. The third-order valence-electron chi connectivity index (χ3n) is 6.37. The van der Waals surface area contributed by atoms with E-state index in [2.05, 4.69) is 9.82 Å². The summed E-state index contributed by atoms with van der Waals surface area (Å²) in [5.74, 6) is -4.52. The molecule has 2 atom stereocenters. The van der Waals surface area contributed by atoms with E-state index >= 15 is 0 Å². The summed E-state index contributed by atoms with van der Waals surface area (Å²) < 4.78 is 42.8. The average Bonchev–Trinajstić information content (AvgIpc) is 3.36. The first-order valence-corrected chi connectivity index (χ1v) is 11.8. The number of carbonyl (C=O) groups is 3. The number of ether oxygens (including phenoxy) is 1. The third-order valence-corrected chi connectivity index (χ3v) is 6.37. The molecule has 7 nitrogen and oxygen atoms in total. The molecule has 1 saturated carbocycles. The summed E-state index contributed by atoms with van der Waals surface area (Å²) in [6.07, 6.45) is -3.84. The van der Waals surface area contributed by atoms with Gasteiger partial charge in [0.2, 0.25) is 0 Å². The van der Waals surface area contributed by atoms with Crippen molar-refractivity contribution >= 4 is 28.6 Å². The fraction of sp³-hybridized carbons (Fsp3) is 0.333. The Bertz CT molecular complexity index is 1310. The van der Waals surface area contributed by atoms with Crippen molar-refractivity contribution in [3.05, 3.63) is 71.4 Å². The van der Waals surface area contributed by atoms with Crippen LogP contribution < -0.4 is 10.2 Å². The number of hydrogen-bond acceptors (Lipinski definition) is 6. The normalized spacial score (nSPS) is 17.4. The number of fused-ring (bicyclic) bond motifs is 1. The summed E-state index contributed by atoms with van der Waals surface area (Å²) in [5, 5.41) is 1.01. The third kappa shape index (κ3) is 6.44. The lowest BCUT2D eigenvalue weighted by Gasteiger charge is -2.18. The molecular formula is C27H25F3N2O5. The minimum Gasteiger partial charge on any atom is -0.489 e. The topological polar surface area (TPSA) is 94.6 Å². The van der Waals surface area contributed by atoms with Crippen molar-refractivity contribution in [2.45, 2.75) is 45.4 Å². The lowest BCUT2D eigenvalue weighted by atomic mass is 9.88. The van der Waals surface area contributed by atoms with Gasteiger partial charge in [0.1, 0.15) is 18.1 Å². The molecule has 1 aliphatic rings. The van der Waals surface area contributed by atoms with Gasteiger partial charge < -0.3 is 9.57 Å². The van der Waals surface area contributed by atoms with Gasteiger partial charge in [-0.05, 0) is 49.6 Å². The number of hydroxylamine groups is 1. The fourth-order valence-corrected chi connectivity index (χ4v) is 4.60. The second-order valence-electron chi connectivity index (χ2n) is 9.01. The van der Waals surface area contributed by atoms with E-state index in [0.717, 1.165) is 27.7 Å². The molecule has 3 aromatic rings. The number of Topliss-reactive ketones (excluding diaryl/α,β-unsaturated/α-hetero) is 1. The van der Waals surface area contributed by atoms with Crippen molar-refractivity contribution in [2.75, 3.05) is 0 Å². The van der Waals surface area contributed by atoms with Crippen LogP contribution in [0, 0.1) is 18.8 Å². The molecule has 4 rings (SSSR count). The molecule has 0 radical (unpaired) electrons. The molecule has 37 heavy (non-hydrogen) atoms. The highest BCUT2D eigenvalue weighted by Crippen LogP contribution is 2.34. The highest BCUT2D eigenvalue weighted by atomic mass is 19.4. The van der Waals surface area contributed by atoms with Crippen LogP contribution in [0.4, 0.5) is 13.2 Å². The zero-order valence-corrected chi connectivity index (χ0v) is 20.0. The van der Waals surface area contributed by atoms with Gasteiger partial charge >= 0.3 is 12.1 Å². The van der Waals surface area contributed by atoms with E-state index in [1.54, 1.807) is 29.7 Å². The van der Waals surface area contributed by atoms with Crippen LogP contribution in [0.1, 0.15) is 36.1 Å². The molecule has 1 fully saturated rings. The summed E-state index contributed by atoms with van der Waals surface area (Å²) >= 11 is 0. The van der Waals surface area contributed by atoms with E-state index in [9.17, 15) is 27.6 Å². The maximum Gasteiger partial charge on any atom is 0.493 e. The van der Waals surface area contributed by atoms with Crippen molar-refractivity contribution in [3.63, 3.8) is 0 Å². The number of nitrogens with zero attached hydrogens (tertiary/aromatic N) is 1. The zero-order valence-electron chi connectivity index (χ0n) is 20.0. The van der Waals surface area contributed by atoms with Gasteiger partial charge in [0.15, 0.2) is 0 Å². The number of hydrogen-bond donors (Lipinski definition) is 1. The number of amides is 1. The molecule has 0 spiro atoms. The van der Waals surface area contributed by atoms with Crippen LogP contribution in [0.3, 0.4) is 0 Å². The summed E-state index contributed by atoms with van der Waals surface area (Å²) in [6.45, 7) is 2.27. The first kappa shape index (κ1) is 26.1. The predicted molar refractivity (Wildman–Crippen MR) is 127 cm³/mol. The van der Waals surface area contributed by atoms with E-state index in [1.165, 1.54) is 0 Å². The van der Waals surface area contributed by atoms with Crippen LogP contribution in [0.25, 0.3) is 10.9 Å². The number of pyridine rings is 1. The lowest BCUT2D eigenvalue weighted by Crippen LogP contribution is -2.40. The fourth-order valence-electron chi connectivity index (χ4n) is 4.60. The summed E-state index contributed by atoms with van der Waals surface area (Å²) in [5.41, 5.74) is 5.06. The number of rotatable bonds is 7. The zero-order chi connectivity index (χ0) is 26.6. The molecule has 0 bridgehead atoms. The van der Waals surface area contributed by atoms with Gasteiger partial charge in [0.25, 0.3) is 5.91 Å².